The molecule has 7 rings (SSSR count). The van der Waals surface area contributed by atoms with Gasteiger partial charge in [-0.2, -0.15) is 4.37 Å². The predicted molar refractivity (Wildman–Crippen MR) is 278 cm³/mol. The highest BCUT2D eigenvalue weighted by Gasteiger charge is 2.39. The number of benzene rings is 1. The molecule has 4 aromatic rings. The molecule has 6 heterocycles. The van der Waals surface area contributed by atoms with Gasteiger partial charge in [-0.05, 0) is 125 Å². The maximum Gasteiger partial charge on any atom is 0.293 e. The molecule has 3 aliphatic heterocycles. The summed E-state index contributed by atoms with van der Waals surface area (Å²) in [7, 11) is 3.37. The van der Waals surface area contributed by atoms with Crippen LogP contribution in [0.4, 0.5) is 0 Å². The van der Waals surface area contributed by atoms with Gasteiger partial charge in [-0.15, -0.1) is 0 Å². The number of hydrogen-bond donors (Lipinski definition) is 2. The third kappa shape index (κ3) is 12.7. The summed E-state index contributed by atoms with van der Waals surface area (Å²) in [5.41, 5.74) is 9.22. The zero-order chi connectivity index (χ0) is 50.8. The molecule has 3 amide bonds. The van der Waals surface area contributed by atoms with E-state index in [1.807, 2.05) is 32.9 Å². The first kappa shape index (κ1) is 53.1. The molecule has 2 N–H and O–H groups in total. The Balaban J connectivity index is 1.13. The molecule has 3 aromatic heterocycles. The highest BCUT2D eigenvalue weighted by Crippen LogP contribution is 2.41. The van der Waals surface area contributed by atoms with Gasteiger partial charge in [0.1, 0.15) is 17.1 Å². The zero-order valence-corrected chi connectivity index (χ0v) is 43.9. The molecule has 382 valence electrons. The highest BCUT2D eigenvalue weighted by atomic mass is 32.1. The Morgan fingerprint density at radius 3 is 2.56 bits per heavy atom. The number of carbonyl (C=O) groups is 4. The van der Waals surface area contributed by atoms with Gasteiger partial charge in [0.25, 0.3) is 12.4 Å². The molecule has 0 saturated carbocycles. The average Bonchev–Trinajstić information content (AvgIpc) is 4.14. The molecule has 71 heavy (non-hydrogen) atoms. The number of amides is 3. The van der Waals surface area contributed by atoms with E-state index in [9.17, 15) is 19.2 Å². The normalized spacial score (nSPS) is 17.9. The van der Waals surface area contributed by atoms with Gasteiger partial charge >= 0.3 is 0 Å². The van der Waals surface area contributed by atoms with Gasteiger partial charge in [-0.3, -0.25) is 34.1 Å². The van der Waals surface area contributed by atoms with Crippen LogP contribution < -0.4 is 10.7 Å². The first-order valence-electron chi connectivity index (χ1n) is 25.4. The molecule has 16 nitrogen and oxygen atoms in total. The first-order chi connectivity index (χ1) is 34.1. The Hall–Kier alpha value is -5.67. The number of nitrogens with one attached hydrogen (secondary N) is 2. The molecule has 0 radical (unpaired) electrons. The van der Waals surface area contributed by atoms with E-state index in [-0.39, 0.29) is 42.8 Å². The van der Waals surface area contributed by atoms with E-state index < -0.39 is 23.4 Å². The lowest BCUT2D eigenvalue weighted by Crippen LogP contribution is -2.59. The van der Waals surface area contributed by atoms with Crippen molar-refractivity contribution in [2.24, 2.45) is 17.3 Å². The quantitative estimate of drug-likeness (QED) is 0.0716. The Kier molecular flexibility index (Phi) is 18.1. The number of pyridine rings is 1. The van der Waals surface area contributed by atoms with Gasteiger partial charge in [0, 0.05) is 86.9 Å². The van der Waals surface area contributed by atoms with Crippen molar-refractivity contribution in [1.29, 1.82) is 0 Å². The van der Waals surface area contributed by atoms with Gasteiger partial charge < -0.3 is 29.2 Å². The molecule has 0 bridgehead atoms. The second kappa shape index (κ2) is 24.2. The van der Waals surface area contributed by atoms with Crippen molar-refractivity contribution in [2.45, 2.75) is 118 Å². The molecular formula is C54H74N10O6S. The zero-order valence-electron chi connectivity index (χ0n) is 43.1. The van der Waals surface area contributed by atoms with Crippen LogP contribution in [0.25, 0.3) is 33.5 Å². The summed E-state index contributed by atoms with van der Waals surface area (Å²) in [5, 5.41) is 6.28. The standard InChI is InChI=1S/C54H74N10O6S/c1-10-63-45-21-20-39(30-42(45)43(32-54(6,7)34-70-35-65)49(63)41-19-16-23-55-47(41)38(5)69-9)50-58-46(71-59-50)31-44(53(68)64-28-15-12-24-56-64)57-51(66)48(36(2)3)60(8)52(67)40-22-29-62(33-40)37(4)18-17-27-61-25-13-11-14-26-61/h16,19-21,23,30,35-36,38,40,44,48,56H,4,10-15,22,24-29,31-34H2,1-3,5-9H3,(H,57,66). The number of ether oxygens (including phenoxy) is 2. The van der Waals surface area contributed by atoms with Crippen molar-refractivity contribution in [3.63, 3.8) is 0 Å². The SMILES string of the molecule is C=C(C#CCN1CCCCC1)N1CCC(C(=O)N(C)C(C(=O)NC(Cc2nc(-c3ccc4c(c3)c(CC(C)(C)COC=O)c(-c3cccnc3C(C)OC)n4CC)ns2)C(=O)N2CCCCN2)C(C)C)C1. The Labute approximate surface area is 424 Å². The molecule has 3 saturated heterocycles. The number of aromatic nitrogens is 4. The van der Waals surface area contributed by atoms with Crippen molar-refractivity contribution in [3.05, 3.63) is 65.1 Å². The van der Waals surface area contributed by atoms with Crippen LogP contribution in [0.2, 0.25) is 0 Å². The molecule has 4 atom stereocenters. The molecule has 3 aliphatic rings. The maximum atomic E-state index is 14.5. The van der Waals surface area contributed by atoms with Gasteiger partial charge in [-0.25, -0.2) is 10.4 Å². The van der Waals surface area contributed by atoms with E-state index in [4.69, 9.17) is 23.8 Å². The Morgan fingerprint density at radius 1 is 1.08 bits per heavy atom. The van der Waals surface area contributed by atoms with Crippen LogP contribution >= 0.6 is 11.5 Å². The molecule has 0 aliphatic carbocycles. The lowest BCUT2D eigenvalue weighted by atomic mass is 9.84. The van der Waals surface area contributed by atoms with Crippen molar-refractivity contribution >= 4 is 46.6 Å². The van der Waals surface area contributed by atoms with Crippen molar-refractivity contribution < 1.29 is 28.7 Å². The summed E-state index contributed by atoms with van der Waals surface area (Å²) >= 11 is 1.20. The highest BCUT2D eigenvalue weighted by molar-refractivity contribution is 7.05. The minimum absolute atomic E-state index is 0.109. The second-order valence-electron chi connectivity index (χ2n) is 20.4. The minimum Gasteiger partial charge on any atom is -0.467 e. The number of carbonyl (C=O) groups excluding carboxylic acids is 4. The largest absolute Gasteiger partial charge is 0.467 e. The minimum atomic E-state index is -0.971. The molecular weight excluding hydrogens is 917 g/mol. The Bertz CT molecular complexity index is 2580. The van der Waals surface area contributed by atoms with Crippen LogP contribution in [0.5, 0.6) is 0 Å². The first-order valence-corrected chi connectivity index (χ1v) is 26.2. The third-order valence-electron chi connectivity index (χ3n) is 14.2. The fraction of sp³-hybridized carbons (Fsp3) is 0.574. The van der Waals surface area contributed by atoms with E-state index in [1.165, 1.54) is 30.8 Å². The summed E-state index contributed by atoms with van der Waals surface area (Å²) in [4.78, 5) is 70.2. The van der Waals surface area contributed by atoms with Crippen molar-refractivity contribution in [1.82, 2.24) is 49.4 Å². The number of hydrazine groups is 1. The van der Waals surface area contributed by atoms with E-state index in [2.05, 4.69) is 82.5 Å². The number of likely N-dealkylation sites (tertiary alicyclic amines) is 2. The van der Waals surface area contributed by atoms with E-state index in [0.29, 0.717) is 62.9 Å². The number of fused-ring (bicyclic) bond motifs is 1. The monoisotopic (exact) mass is 991 g/mol. The van der Waals surface area contributed by atoms with Gasteiger partial charge in [-0.1, -0.05) is 46.6 Å². The molecule has 17 heteroatoms. The van der Waals surface area contributed by atoms with Crippen LogP contribution in [-0.4, -0.2) is 141 Å². The van der Waals surface area contributed by atoms with E-state index in [1.54, 1.807) is 30.3 Å². The summed E-state index contributed by atoms with van der Waals surface area (Å²) in [5.74, 6) is 5.68. The number of likely N-dealkylation sites (N-methyl/N-ethyl adjacent to an activating group) is 1. The van der Waals surface area contributed by atoms with Crippen LogP contribution in [0.1, 0.15) is 102 Å². The fourth-order valence-electron chi connectivity index (χ4n) is 10.4. The lowest BCUT2D eigenvalue weighted by molar-refractivity contribution is -0.145. The third-order valence-corrected chi connectivity index (χ3v) is 14.9. The number of rotatable bonds is 20. The summed E-state index contributed by atoms with van der Waals surface area (Å²) in [6.45, 7) is 22.9. The lowest BCUT2D eigenvalue weighted by Gasteiger charge is -2.35. The number of hydrogen-bond acceptors (Lipinski definition) is 13. The summed E-state index contributed by atoms with van der Waals surface area (Å²) in [6.07, 6.45) is 8.33. The van der Waals surface area contributed by atoms with Gasteiger partial charge in [0.2, 0.25) is 11.8 Å². The summed E-state index contributed by atoms with van der Waals surface area (Å²) < 4.78 is 18.2. The molecule has 4 unspecified atom stereocenters. The van der Waals surface area contributed by atoms with Crippen LogP contribution in [0.15, 0.2) is 48.8 Å². The van der Waals surface area contributed by atoms with Crippen LogP contribution in [0, 0.1) is 29.1 Å². The smallest absolute Gasteiger partial charge is 0.293 e. The fourth-order valence-corrected chi connectivity index (χ4v) is 11.1. The number of aryl methyl sites for hydroxylation is 1. The van der Waals surface area contributed by atoms with Gasteiger partial charge in [0.15, 0.2) is 5.82 Å². The maximum absolute atomic E-state index is 14.5. The van der Waals surface area contributed by atoms with Crippen LogP contribution in [0.3, 0.4) is 0 Å². The van der Waals surface area contributed by atoms with E-state index in [0.717, 1.165) is 77.2 Å². The average molecular weight is 991 g/mol. The molecule has 3 fully saturated rings. The predicted octanol–water partition coefficient (Wildman–Crippen LogP) is 6.65. The van der Waals surface area contributed by atoms with Crippen molar-refractivity contribution in [2.75, 3.05) is 66.6 Å². The second-order valence-corrected chi connectivity index (χ2v) is 21.2. The van der Waals surface area contributed by atoms with Crippen molar-refractivity contribution in [3.8, 4) is 34.5 Å². The van der Waals surface area contributed by atoms with E-state index >= 15 is 0 Å². The molecule has 0 spiro atoms. The number of nitrogens with zero attached hydrogens (tertiary/aromatic N) is 8. The number of allylic oxidation sites excluding steroid dienone is 1. The molecule has 1 aromatic carbocycles. The summed E-state index contributed by atoms with van der Waals surface area (Å²) in [6, 6.07) is 8.45. The number of piperidine rings is 1. The number of methoxy groups -OCH3 is 1. The van der Waals surface area contributed by atoms with Gasteiger partial charge in [0.05, 0.1) is 42.3 Å². The van der Waals surface area contributed by atoms with Crippen LogP contribution in [-0.2, 0) is 48.0 Å². The Morgan fingerprint density at radius 2 is 1.86 bits per heavy atom. The topological polar surface area (TPSA) is 167 Å².